The summed E-state index contributed by atoms with van der Waals surface area (Å²) in [5.74, 6) is 0.486. The van der Waals surface area contributed by atoms with Gasteiger partial charge in [-0.2, -0.15) is 9.61 Å². The SMILES string of the molecule is Cc1ccc(OCC(=O)Nc2cccc(-c3ccc4nncn4n3)c2)c(C)c1. The van der Waals surface area contributed by atoms with E-state index in [4.69, 9.17) is 4.74 Å². The molecule has 1 amide bonds. The van der Waals surface area contributed by atoms with Crippen LogP contribution in [0.4, 0.5) is 5.69 Å². The maximum Gasteiger partial charge on any atom is 0.262 e. The van der Waals surface area contributed by atoms with E-state index in [1.54, 1.807) is 10.8 Å². The summed E-state index contributed by atoms with van der Waals surface area (Å²) in [6.45, 7) is 3.93. The second-order valence-corrected chi connectivity index (χ2v) is 6.54. The third-order valence-electron chi connectivity index (χ3n) is 4.29. The molecule has 4 aromatic rings. The number of hydrogen-bond acceptors (Lipinski definition) is 5. The Morgan fingerprint density at radius 3 is 2.86 bits per heavy atom. The number of fused-ring (bicyclic) bond motifs is 1. The molecule has 0 spiro atoms. The molecule has 1 N–H and O–H groups in total. The van der Waals surface area contributed by atoms with Gasteiger partial charge in [-0.05, 0) is 49.7 Å². The largest absolute Gasteiger partial charge is 0.483 e. The van der Waals surface area contributed by atoms with Crippen LogP contribution in [0, 0.1) is 13.8 Å². The van der Waals surface area contributed by atoms with Gasteiger partial charge in [0.2, 0.25) is 0 Å². The Morgan fingerprint density at radius 2 is 2.00 bits per heavy atom. The number of hydrogen-bond donors (Lipinski definition) is 1. The second-order valence-electron chi connectivity index (χ2n) is 6.54. The first-order chi connectivity index (χ1) is 13.6. The smallest absolute Gasteiger partial charge is 0.262 e. The maximum atomic E-state index is 12.3. The van der Waals surface area contributed by atoms with Crippen LogP contribution in [0.2, 0.25) is 0 Å². The molecule has 0 fully saturated rings. The summed E-state index contributed by atoms with van der Waals surface area (Å²) in [6, 6.07) is 17.1. The van der Waals surface area contributed by atoms with Crippen molar-refractivity contribution in [3.8, 4) is 17.0 Å². The minimum absolute atomic E-state index is 0.0565. The fourth-order valence-corrected chi connectivity index (χ4v) is 2.94. The Hall–Kier alpha value is -3.74. The number of carbonyl (C=O) groups excluding carboxylic acids is 1. The number of nitrogens with zero attached hydrogens (tertiary/aromatic N) is 4. The van der Waals surface area contributed by atoms with Crippen LogP contribution in [0.1, 0.15) is 11.1 Å². The average Bonchev–Trinajstić information content (AvgIpc) is 3.15. The molecule has 2 aromatic heterocycles. The Morgan fingerprint density at radius 1 is 1.11 bits per heavy atom. The normalized spacial score (nSPS) is 10.8. The van der Waals surface area contributed by atoms with E-state index in [0.29, 0.717) is 17.1 Å². The van der Waals surface area contributed by atoms with E-state index in [2.05, 4.69) is 20.6 Å². The summed E-state index contributed by atoms with van der Waals surface area (Å²) in [7, 11) is 0. The van der Waals surface area contributed by atoms with Crippen LogP contribution in [0.3, 0.4) is 0 Å². The molecule has 7 heteroatoms. The third-order valence-corrected chi connectivity index (χ3v) is 4.29. The minimum atomic E-state index is -0.223. The zero-order chi connectivity index (χ0) is 19.5. The van der Waals surface area contributed by atoms with E-state index in [-0.39, 0.29) is 12.5 Å². The number of nitrogens with one attached hydrogen (secondary N) is 1. The number of amides is 1. The average molecular weight is 373 g/mol. The van der Waals surface area contributed by atoms with E-state index in [9.17, 15) is 4.79 Å². The molecule has 2 heterocycles. The molecule has 0 saturated heterocycles. The number of ether oxygens (including phenoxy) is 1. The van der Waals surface area contributed by atoms with Gasteiger partial charge >= 0.3 is 0 Å². The van der Waals surface area contributed by atoms with Crippen molar-refractivity contribution in [2.75, 3.05) is 11.9 Å². The van der Waals surface area contributed by atoms with Crippen LogP contribution in [-0.2, 0) is 4.79 Å². The molecule has 0 aliphatic heterocycles. The summed E-state index contributed by atoms with van der Waals surface area (Å²) in [5, 5.41) is 15.1. The van der Waals surface area contributed by atoms with Crippen molar-refractivity contribution in [2.24, 2.45) is 0 Å². The van der Waals surface area contributed by atoms with Gasteiger partial charge in [0, 0.05) is 11.3 Å². The maximum absolute atomic E-state index is 12.3. The van der Waals surface area contributed by atoms with Crippen molar-refractivity contribution in [1.82, 2.24) is 19.8 Å². The number of benzene rings is 2. The lowest BCUT2D eigenvalue weighted by atomic mass is 10.1. The quantitative estimate of drug-likeness (QED) is 0.580. The molecule has 0 atom stereocenters. The Balaban J connectivity index is 1.44. The summed E-state index contributed by atoms with van der Waals surface area (Å²) in [4.78, 5) is 12.3. The van der Waals surface area contributed by atoms with Crippen LogP contribution in [-0.4, -0.2) is 32.3 Å². The third kappa shape index (κ3) is 3.83. The number of anilines is 1. The lowest BCUT2D eigenvalue weighted by Crippen LogP contribution is -2.20. The lowest BCUT2D eigenvalue weighted by molar-refractivity contribution is -0.118. The van der Waals surface area contributed by atoms with Crippen LogP contribution in [0.5, 0.6) is 5.75 Å². The first-order valence-electron chi connectivity index (χ1n) is 8.86. The van der Waals surface area contributed by atoms with Crippen molar-refractivity contribution >= 4 is 17.2 Å². The molecule has 28 heavy (non-hydrogen) atoms. The fraction of sp³-hybridized carbons (Fsp3) is 0.143. The summed E-state index contributed by atoms with van der Waals surface area (Å²) < 4.78 is 7.25. The van der Waals surface area contributed by atoms with Crippen LogP contribution in [0.15, 0.2) is 60.9 Å². The zero-order valence-corrected chi connectivity index (χ0v) is 15.6. The standard InChI is InChI=1S/C21H19N5O2/c1-14-6-8-19(15(2)10-14)28-12-21(27)23-17-5-3-4-16(11-17)18-7-9-20-24-22-13-26(20)25-18/h3-11,13H,12H2,1-2H3,(H,23,27). The topological polar surface area (TPSA) is 81.4 Å². The van der Waals surface area contributed by atoms with Crippen LogP contribution in [0.25, 0.3) is 16.9 Å². The highest BCUT2D eigenvalue weighted by Crippen LogP contribution is 2.22. The van der Waals surface area contributed by atoms with E-state index < -0.39 is 0 Å². The second kappa shape index (κ2) is 7.48. The molecule has 7 nitrogen and oxygen atoms in total. The van der Waals surface area contributed by atoms with Crippen LogP contribution >= 0.6 is 0 Å². The van der Waals surface area contributed by atoms with Crippen molar-refractivity contribution < 1.29 is 9.53 Å². The lowest BCUT2D eigenvalue weighted by Gasteiger charge is -2.11. The highest BCUT2D eigenvalue weighted by Gasteiger charge is 2.08. The van der Waals surface area contributed by atoms with E-state index in [1.165, 1.54) is 0 Å². The van der Waals surface area contributed by atoms with Gasteiger partial charge in [-0.3, -0.25) is 4.79 Å². The molecule has 0 saturated carbocycles. The van der Waals surface area contributed by atoms with E-state index >= 15 is 0 Å². The fourth-order valence-electron chi connectivity index (χ4n) is 2.94. The zero-order valence-electron chi connectivity index (χ0n) is 15.6. The number of aromatic nitrogens is 4. The number of rotatable bonds is 5. The van der Waals surface area contributed by atoms with E-state index in [1.807, 2.05) is 68.4 Å². The molecule has 0 aliphatic rings. The highest BCUT2D eigenvalue weighted by atomic mass is 16.5. The van der Waals surface area contributed by atoms with Gasteiger partial charge in [0.25, 0.3) is 5.91 Å². The molecule has 0 unspecified atom stereocenters. The Labute approximate surface area is 162 Å². The first-order valence-corrected chi connectivity index (χ1v) is 8.86. The molecule has 2 aromatic carbocycles. The van der Waals surface area contributed by atoms with Crippen molar-refractivity contribution in [3.63, 3.8) is 0 Å². The van der Waals surface area contributed by atoms with Gasteiger partial charge in [-0.1, -0.05) is 29.8 Å². The van der Waals surface area contributed by atoms with Gasteiger partial charge in [0.15, 0.2) is 12.3 Å². The van der Waals surface area contributed by atoms with Crippen molar-refractivity contribution in [3.05, 3.63) is 72.1 Å². The predicted molar refractivity (Wildman–Crippen MR) is 106 cm³/mol. The molecular formula is C21H19N5O2. The minimum Gasteiger partial charge on any atom is -0.483 e. The van der Waals surface area contributed by atoms with E-state index in [0.717, 1.165) is 22.4 Å². The van der Waals surface area contributed by atoms with Gasteiger partial charge < -0.3 is 10.1 Å². The molecule has 0 radical (unpaired) electrons. The van der Waals surface area contributed by atoms with Gasteiger partial charge in [-0.25, -0.2) is 0 Å². The highest BCUT2D eigenvalue weighted by molar-refractivity contribution is 5.92. The number of aryl methyl sites for hydroxylation is 2. The Bertz CT molecular complexity index is 1150. The monoisotopic (exact) mass is 373 g/mol. The molecule has 0 aliphatic carbocycles. The van der Waals surface area contributed by atoms with Gasteiger partial charge in [-0.15, -0.1) is 10.2 Å². The Kier molecular flexibility index (Phi) is 4.72. The molecular weight excluding hydrogens is 354 g/mol. The van der Waals surface area contributed by atoms with Gasteiger partial charge in [0.05, 0.1) is 5.69 Å². The molecule has 140 valence electrons. The summed E-state index contributed by atoms with van der Waals surface area (Å²) >= 11 is 0. The first kappa shape index (κ1) is 17.7. The predicted octanol–water partition coefficient (Wildman–Crippen LogP) is 3.43. The van der Waals surface area contributed by atoms with Crippen molar-refractivity contribution in [1.29, 1.82) is 0 Å². The van der Waals surface area contributed by atoms with Crippen molar-refractivity contribution in [2.45, 2.75) is 13.8 Å². The summed E-state index contributed by atoms with van der Waals surface area (Å²) in [6.07, 6.45) is 1.55. The van der Waals surface area contributed by atoms with Crippen LogP contribution < -0.4 is 10.1 Å². The molecule has 0 bridgehead atoms. The van der Waals surface area contributed by atoms with Gasteiger partial charge in [0.1, 0.15) is 12.1 Å². The number of carbonyl (C=O) groups is 1. The molecule has 4 rings (SSSR count). The summed E-state index contributed by atoms with van der Waals surface area (Å²) in [5.41, 5.74) is 5.16.